The van der Waals surface area contributed by atoms with Gasteiger partial charge in [-0.1, -0.05) is 6.07 Å². The molecule has 2 heterocycles. The van der Waals surface area contributed by atoms with Crippen LogP contribution in [-0.2, 0) is 0 Å². The molecule has 1 aromatic rings. The van der Waals surface area contributed by atoms with Crippen molar-refractivity contribution in [3.63, 3.8) is 0 Å². The minimum absolute atomic E-state index is 0.172. The summed E-state index contributed by atoms with van der Waals surface area (Å²) in [5.74, 6) is 0.191. The number of hydrogen-bond donors (Lipinski definition) is 2. The predicted octanol–water partition coefficient (Wildman–Crippen LogP) is -0.361. The molecule has 1 amide bonds. The summed E-state index contributed by atoms with van der Waals surface area (Å²) < 4.78 is 0. The Hall–Kier alpha value is -1.66. The number of aromatic nitrogens is 1. The number of carbonyl (C=O) groups is 1. The van der Waals surface area contributed by atoms with Gasteiger partial charge in [0.15, 0.2) is 0 Å². The maximum atomic E-state index is 12.0. The summed E-state index contributed by atoms with van der Waals surface area (Å²) in [5, 5.41) is 2.92. The van der Waals surface area contributed by atoms with Crippen LogP contribution in [0.1, 0.15) is 10.5 Å². The number of rotatable bonds is 3. The number of nitrogens with two attached hydrogens (primary N) is 1. The van der Waals surface area contributed by atoms with Gasteiger partial charge < -0.3 is 16.0 Å². The van der Waals surface area contributed by atoms with Gasteiger partial charge in [-0.05, 0) is 26.2 Å². The maximum Gasteiger partial charge on any atom is 0.270 e. The van der Waals surface area contributed by atoms with Gasteiger partial charge in [0.05, 0.1) is 0 Å². The number of nitrogens with one attached hydrogen (secondary N) is 1. The fraction of sp³-hybridized carbons (Fsp3) is 0.538. The van der Waals surface area contributed by atoms with Crippen LogP contribution in [0.15, 0.2) is 18.2 Å². The van der Waals surface area contributed by atoms with E-state index in [1.807, 2.05) is 0 Å². The van der Waals surface area contributed by atoms with E-state index in [1.165, 1.54) is 0 Å². The van der Waals surface area contributed by atoms with Gasteiger partial charge in [-0.15, -0.1) is 0 Å². The minimum Gasteiger partial charge on any atom is -0.384 e. The van der Waals surface area contributed by atoms with Crippen molar-refractivity contribution < 1.29 is 4.79 Å². The molecule has 0 radical (unpaired) electrons. The number of piperazine rings is 1. The van der Waals surface area contributed by atoms with E-state index in [9.17, 15) is 4.79 Å². The highest BCUT2D eigenvalue weighted by atomic mass is 16.1. The fourth-order valence-corrected chi connectivity index (χ4v) is 2.20. The summed E-state index contributed by atoms with van der Waals surface area (Å²) in [5.41, 5.74) is 5.94. The van der Waals surface area contributed by atoms with Crippen LogP contribution in [0.4, 0.5) is 5.82 Å². The van der Waals surface area contributed by atoms with Crippen molar-refractivity contribution in [2.24, 2.45) is 0 Å². The first-order valence-corrected chi connectivity index (χ1v) is 6.46. The maximum absolute atomic E-state index is 12.0. The molecule has 1 fully saturated rings. The normalized spacial score (nSPS) is 21.3. The molecule has 2 rings (SSSR count). The van der Waals surface area contributed by atoms with E-state index in [0.29, 0.717) is 24.1 Å². The molecule has 0 aliphatic carbocycles. The van der Waals surface area contributed by atoms with Gasteiger partial charge in [-0.3, -0.25) is 9.69 Å². The van der Waals surface area contributed by atoms with Gasteiger partial charge in [0.2, 0.25) is 0 Å². The second-order valence-corrected chi connectivity index (χ2v) is 5.05. The molecule has 1 saturated heterocycles. The minimum atomic E-state index is -0.172. The predicted molar refractivity (Wildman–Crippen MR) is 74.9 cm³/mol. The van der Waals surface area contributed by atoms with E-state index in [-0.39, 0.29) is 5.91 Å². The van der Waals surface area contributed by atoms with E-state index in [4.69, 9.17) is 5.73 Å². The molecule has 104 valence electrons. The summed E-state index contributed by atoms with van der Waals surface area (Å²) in [6.07, 6.45) is 0. The second-order valence-electron chi connectivity index (χ2n) is 5.05. The first-order valence-electron chi connectivity index (χ1n) is 6.46. The lowest BCUT2D eigenvalue weighted by Crippen LogP contribution is -2.54. The third kappa shape index (κ3) is 3.65. The number of anilines is 1. The third-order valence-electron chi connectivity index (χ3n) is 3.48. The van der Waals surface area contributed by atoms with Crippen LogP contribution in [-0.4, -0.2) is 67.0 Å². The Balaban J connectivity index is 1.89. The monoisotopic (exact) mass is 263 g/mol. The van der Waals surface area contributed by atoms with Crippen molar-refractivity contribution in [2.75, 3.05) is 46.0 Å². The average Bonchev–Trinajstić information content (AvgIpc) is 2.39. The van der Waals surface area contributed by atoms with Crippen LogP contribution in [0, 0.1) is 0 Å². The number of pyridine rings is 1. The molecule has 3 N–H and O–H groups in total. The van der Waals surface area contributed by atoms with E-state index < -0.39 is 0 Å². The Labute approximate surface area is 113 Å². The number of likely N-dealkylation sites (N-methyl/N-ethyl adjacent to an activating group) is 2. The molecule has 1 unspecified atom stereocenters. The van der Waals surface area contributed by atoms with Crippen LogP contribution in [0.2, 0.25) is 0 Å². The van der Waals surface area contributed by atoms with Gasteiger partial charge in [-0.2, -0.15) is 0 Å². The quantitative estimate of drug-likeness (QED) is 0.779. The molecular formula is C13H21N5O. The lowest BCUT2D eigenvalue weighted by Gasteiger charge is -2.37. The number of hydrogen-bond acceptors (Lipinski definition) is 5. The van der Waals surface area contributed by atoms with E-state index >= 15 is 0 Å². The topological polar surface area (TPSA) is 74.5 Å². The zero-order valence-electron chi connectivity index (χ0n) is 11.5. The Morgan fingerprint density at radius 1 is 1.47 bits per heavy atom. The lowest BCUT2D eigenvalue weighted by atomic mass is 10.2. The summed E-state index contributed by atoms with van der Waals surface area (Å²) in [6.45, 7) is 3.67. The Kier molecular flexibility index (Phi) is 4.34. The summed E-state index contributed by atoms with van der Waals surface area (Å²) in [7, 11) is 4.18. The third-order valence-corrected chi connectivity index (χ3v) is 3.48. The first kappa shape index (κ1) is 13.8. The Morgan fingerprint density at radius 2 is 2.26 bits per heavy atom. The van der Waals surface area contributed by atoms with Crippen LogP contribution in [0.3, 0.4) is 0 Å². The van der Waals surface area contributed by atoms with Gasteiger partial charge >= 0.3 is 0 Å². The smallest absolute Gasteiger partial charge is 0.270 e. The number of nitrogens with zero attached hydrogens (tertiary/aromatic N) is 3. The van der Waals surface area contributed by atoms with Crippen molar-refractivity contribution >= 4 is 11.7 Å². The molecule has 0 spiro atoms. The Morgan fingerprint density at radius 3 is 3.00 bits per heavy atom. The summed E-state index contributed by atoms with van der Waals surface area (Å²) in [6, 6.07) is 5.41. The molecule has 6 nitrogen and oxygen atoms in total. The highest BCUT2D eigenvalue weighted by Gasteiger charge is 2.22. The van der Waals surface area contributed by atoms with E-state index in [0.717, 1.165) is 19.6 Å². The zero-order valence-corrected chi connectivity index (χ0v) is 11.5. The molecule has 1 aliphatic rings. The van der Waals surface area contributed by atoms with Crippen LogP contribution in [0.5, 0.6) is 0 Å². The van der Waals surface area contributed by atoms with Crippen LogP contribution >= 0.6 is 0 Å². The van der Waals surface area contributed by atoms with Gasteiger partial charge in [0.1, 0.15) is 11.5 Å². The van der Waals surface area contributed by atoms with Gasteiger partial charge in [0, 0.05) is 32.2 Å². The zero-order chi connectivity index (χ0) is 13.8. The van der Waals surface area contributed by atoms with Crippen LogP contribution < -0.4 is 11.1 Å². The van der Waals surface area contributed by atoms with Crippen molar-refractivity contribution in [1.82, 2.24) is 20.1 Å². The SMILES string of the molecule is CN1CCN(C)C(CNC(=O)c2cccc(N)n2)C1. The highest BCUT2D eigenvalue weighted by molar-refractivity contribution is 5.92. The molecule has 1 aliphatic heterocycles. The van der Waals surface area contributed by atoms with E-state index in [2.05, 4.69) is 34.2 Å². The molecule has 1 aromatic heterocycles. The first-order chi connectivity index (χ1) is 9.06. The largest absolute Gasteiger partial charge is 0.384 e. The molecule has 1 atom stereocenters. The number of carbonyl (C=O) groups excluding carboxylic acids is 1. The molecule has 0 bridgehead atoms. The Bertz CT molecular complexity index is 450. The van der Waals surface area contributed by atoms with Crippen LogP contribution in [0.25, 0.3) is 0 Å². The van der Waals surface area contributed by atoms with Crippen molar-refractivity contribution in [1.29, 1.82) is 0 Å². The molecule has 0 saturated carbocycles. The summed E-state index contributed by atoms with van der Waals surface area (Å²) >= 11 is 0. The second kappa shape index (κ2) is 5.99. The van der Waals surface area contributed by atoms with E-state index in [1.54, 1.807) is 18.2 Å². The van der Waals surface area contributed by atoms with Crippen molar-refractivity contribution in [2.45, 2.75) is 6.04 Å². The standard InChI is InChI=1S/C13H21N5O/c1-17-6-7-18(2)10(9-17)8-15-13(19)11-4-3-5-12(14)16-11/h3-5,10H,6-9H2,1-2H3,(H2,14,16)(H,15,19). The molecular weight excluding hydrogens is 242 g/mol. The molecule has 0 aromatic carbocycles. The van der Waals surface area contributed by atoms with Crippen molar-refractivity contribution in [3.8, 4) is 0 Å². The van der Waals surface area contributed by atoms with Gasteiger partial charge in [0.25, 0.3) is 5.91 Å². The fourth-order valence-electron chi connectivity index (χ4n) is 2.20. The highest BCUT2D eigenvalue weighted by Crippen LogP contribution is 2.05. The van der Waals surface area contributed by atoms with Gasteiger partial charge in [-0.25, -0.2) is 4.98 Å². The summed E-state index contributed by atoms with van der Waals surface area (Å²) in [4.78, 5) is 20.5. The van der Waals surface area contributed by atoms with Crippen molar-refractivity contribution in [3.05, 3.63) is 23.9 Å². The average molecular weight is 263 g/mol. The number of nitrogen functional groups attached to an aromatic ring is 1. The number of amides is 1. The lowest BCUT2D eigenvalue weighted by molar-refractivity contribution is 0.0877. The molecule has 19 heavy (non-hydrogen) atoms. The molecule has 6 heteroatoms.